The summed E-state index contributed by atoms with van der Waals surface area (Å²) in [5.41, 5.74) is 5.64. The Hall–Kier alpha value is -0.863. The molecule has 2 saturated carbocycles. The van der Waals surface area contributed by atoms with Crippen LogP contribution >= 0.6 is 0 Å². The van der Waals surface area contributed by atoms with Crippen molar-refractivity contribution in [2.45, 2.75) is 106 Å². The second kappa shape index (κ2) is 8.97. The lowest BCUT2D eigenvalue weighted by molar-refractivity contribution is 0.124. The van der Waals surface area contributed by atoms with Gasteiger partial charge in [0.15, 0.2) is 8.32 Å². The molecule has 0 N–H and O–H groups in total. The molecule has 0 aromatic rings. The van der Waals surface area contributed by atoms with Crippen molar-refractivity contribution in [3.63, 3.8) is 0 Å². The largest absolute Gasteiger partial charge is 0.414 e. The highest BCUT2D eigenvalue weighted by molar-refractivity contribution is 6.69. The zero-order chi connectivity index (χ0) is 24.2. The van der Waals surface area contributed by atoms with Gasteiger partial charge in [0, 0.05) is 11.5 Å². The van der Waals surface area contributed by atoms with E-state index in [9.17, 15) is 0 Å². The maximum absolute atomic E-state index is 6.54. The van der Waals surface area contributed by atoms with Gasteiger partial charge in [-0.15, -0.1) is 0 Å². The van der Waals surface area contributed by atoms with Gasteiger partial charge in [0.05, 0.1) is 0 Å². The zero-order valence-corrected chi connectivity index (χ0v) is 24.0. The number of hydrogen-bond donors (Lipinski definition) is 0. The molecule has 0 spiro atoms. The van der Waals surface area contributed by atoms with E-state index >= 15 is 0 Å². The maximum Gasteiger partial charge on any atom is 0.184 e. The predicted octanol–water partition coefficient (Wildman–Crippen LogP) is 9.11. The Morgan fingerprint density at radius 2 is 1.73 bits per heavy atom. The van der Waals surface area contributed by atoms with Gasteiger partial charge in [-0.25, -0.2) is 0 Å². The fourth-order valence-corrected chi connectivity index (χ4v) is 8.75. The number of hydrogen-bond acceptors (Lipinski definition) is 1. The SMILES string of the molecule is CC(C)[C@H](C)/C=C/[C@@H](C)[C@H]1CCC2C3=CC=C4C[C@@H](O[Si](C)(C)C)CC[C@]4(C)C3=CC[C@@]21C. The van der Waals surface area contributed by atoms with E-state index in [1.54, 1.807) is 16.7 Å². The fourth-order valence-electron chi connectivity index (χ4n) is 7.55. The average molecular weight is 467 g/mol. The lowest BCUT2D eigenvalue weighted by Crippen LogP contribution is -2.42. The first-order valence-corrected chi connectivity index (χ1v) is 17.2. The van der Waals surface area contributed by atoms with Crippen molar-refractivity contribution in [2.24, 2.45) is 40.4 Å². The molecule has 0 aromatic heterocycles. The molecule has 2 heteroatoms. The molecule has 1 nitrogen and oxygen atoms in total. The van der Waals surface area contributed by atoms with Crippen LogP contribution in [-0.4, -0.2) is 14.4 Å². The van der Waals surface area contributed by atoms with E-state index in [0.29, 0.717) is 23.4 Å². The summed E-state index contributed by atoms with van der Waals surface area (Å²) in [7, 11) is -1.49. The smallest absolute Gasteiger partial charge is 0.184 e. The lowest BCUT2D eigenvalue weighted by Gasteiger charge is -2.51. The van der Waals surface area contributed by atoms with Gasteiger partial charge in [-0.2, -0.15) is 0 Å². The van der Waals surface area contributed by atoms with Gasteiger partial charge in [0.1, 0.15) is 0 Å². The molecule has 0 bridgehead atoms. The Morgan fingerprint density at radius 3 is 2.39 bits per heavy atom. The first-order chi connectivity index (χ1) is 15.3. The van der Waals surface area contributed by atoms with E-state index in [2.05, 4.69) is 91.6 Å². The summed E-state index contributed by atoms with van der Waals surface area (Å²) in [5, 5.41) is 0. The molecule has 2 fully saturated rings. The summed E-state index contributed by atoms with van der Waals surface area (Å²) in [6.45, 7) is 21.7. The van der Waals surface area contributed by atoms with Crippen LogP contribution in [0.4, 0.5) is 0 Å². The summed E-state index contributed by atoms with van der Waals surface area (Å²) in [6, 6.07) is 0. The molecule has 0 heterocycles. The van der Waals surface area contributed by atoms with E-state index in [4.69, 9.17) is 4.43 Å². The van der Waals surface area contributed by atoms with E-state index in [1.165, 1.54) is 32.1 Å². The molecular weight excluding hydrogens is 416 g/mol. The van der Waals surface area contributed by atoms with Crippen LogP contribution in [0.2, 0.25) is 19.6 Å². The second-order valence-corrected chi connectivity index (χ2v) is 18.1. The molecule has 33 heavy (non-hydrogen) atoms. The van der Waals surface area contributed by atoms with E-state index in [0.717, 1.165) is 24.2 Å². The molecule has 0 radical (unpaired) electrons. The molecule has 0 aliphatic heterocycles. The normalized spacial score (nSPS) is 38.2. The van der Waals surface area contributed by atoms with Crippen LogP contribution in [0.3, 0.4) is 0 Å². The Morgan fingerprint density at radius 1 is 1.00 bits per heavy atom. The number of allylic oxidation sites excluding steroid dienone is 7. The number of rotatable bonds is 6. The van der Waals surface area contributed by atoms with Crippen molar-refractivity contribution in [1.29, 1.82) is 0 Å². The molecule has 7 atom stereocenters. The van der Waals surface area contributed by atoms with Crippen LogP contribution in [0, 0.1) is 40.4 Å². The van der Waals surface area contributed by atoms with Gasteiger partial charge in [0.25, 0.3) is 0 Å². The van der Waals surface area contributed by atoms with Crippen LogP contribution in [-0.2, 0) is 4.43 Å². The zero-order valence-electron chi connectivity index (χ0n) is 23.0. The summed E-state index contributed by atoms with van der Waals surface area (Å²) < 4.78 is 6.54. The summed E-state index contributed by atoms with van der Waals surface area (Å²) in [6.07, 6.45) is 20.8. The molecule has 1 unspecified atom stereocenters. The highest BCUT2D eigenvalue weighted by atomic mass is 28.4. The first-order valence-electron chi connectivity index (χ1n) is 13.8. The van der Waals surface area contributed by atoms with Gasteiger partial charge in [0.2, 0.25) is 0 Å². The van der Waals surface area contributed by atoms with E-state index < -0.39 is 8.32 Å². The van der Waals surface area contributed by atoms with Crippen molar-refractivity contribution in [1.82, 2.24) is 0 Å². The molecule has 0 amide bonds. The fraction of sp³-hybridized carbons (Fsp3) is 0.742. The highest BCUT2D eigenvalue weighted by Gasteiger charge is 2.54. The summed E-state index contributed by atoms with van der Waals surface area (Å²) in [5.74, 6) is 3.57. The van der Waals surface area contributed by atoms with Crippen LogP contribution in [0.25, 0.3) is 0 Å². The van der Waals surface area contributed by atoms with Crippen LogP contribution in [0.1, 0.15) is 80.1 Å². The average Bonchev–Trinajstić information content (AvgIpc) is 3.08. The third-order valence-electron chi connectivity index (χ3n) is 9.95. The van der Waals surface area contributed by atoms with Crippen molar-refractivity contribution in [3.05, 3.63) is 47.1 Å². The Kier molecular flexibility index (Phi) is 6.86. The highest BCUT2D eigenvalue weighted by Crippen LogP contribution is 2.64. The third kappa shape index (κ3) is 4.68. The van der Waals surface area contributed by atoms with E-state index in [-0.39, 0.29) is 5.41 Å². The predicted molar refractivity (Wildman–Crippen MR) is 146 cm³/mol. The van der Waals surface area contributed by atoms with Gasteiger partial charge < -0.3 is 4.43 Å². The molecule has 0 saturated heterocycles. The molecule has 0 aromatic carbocycles. The van der Waals surface area contributed by atoms with Gasteiger partial charge in [-0.1, -0.05) is 77.5 Å². The quantitative estimate of drug-likeness (QED) is 0.280. The Bertz CT molecular complexity index is 868. The summed E-state index contributed by atoms with van der Waals surface area (Å²) in [4.78, 5) is 0. The molecule has 4 aliphatic carbocycles. The molecule has 4 aliphatic rings. The molecule has 184 valence electrons. The van der Waals surface area contributed by atoms with Gasteiger partial charge in [-0.05, 0) is 104 Å². The first kappa shape index (κ1) is 25.2. The lowest BCUT2D eigenvalue weighted by atomic mass is 9.54. The monoisotopic (exact) mass is 466 g/mol. The van der Waals surface area contributed by atoms with Gasteiger partial charge >= 0.3 is 0 Å². The minimum Gasteiger partial charge on any atom is -0.414 e. The van der Waals surface area contributed by atoms with Crippen molar-refractivity contribution in [3.8, 4) is 0 Å². The van der Waals surface area contributed by atoms with Crippen LogP contribution < -0.4 is 0 Å². The van der Waals surface area contributed by atoms with E-state index in [1.807, 2.05) is 0 Å². The molecule has 4 rings (SSSR count). The van der Waals surface area contributed by atoms with Crippen LogP contribution in [0.15, 0.2) is 47.1 Å². The van der Waals surface area contributed by atoms with Crippen molar-refractivity contribution < 1.29 is 4.43 Å². The minimum atomic E-state index is -1.49. The standard InChI is InChI=1S/C31H50OSi/c1-21(2)22(3)10-11-23(4)27-14-15-28-26-13-12-24-20-25(32-33(7,8)9)16-18-30(24,5)29(26)17-19-31(27,28)6/h10-13,17,21-23,25,27-28H,14-16,18-20H2,1-9H3/b11-10+/t22-,23-,25+,27-,28?,30+,31-/m1/s1. The van der Waals surface area contributed by atoms with Gasteiger partial charge in [-0.3, -0.25) is 0 Å². The second-order valence-electron chi connectivity index (χ2n) is 13.7. The van der Waals surface area contributed by atoms with Crippen molar-refractivity contribution >= 4 is 8.32 Å². The van der Waals surface area contributed by atoms with Crippen molar-refractivity contribution in [2.75, 3.05) is 0 Å². The topological polar surface area (TPSA) is 9.23 Å². The number of fused-ring (bicyclic) bond motifs is 5. The maximum atomic E-state index is 6.54. The third-order valence-corrected chi connectivity index (χ3v) is 11.0. The Labute approximate surface area is 206 Å². The Balaban J connectivity index is 1.56. The van der Waals surface area contributed by atoms with Crippen LogP contribution in [0.5, 0.6) is 0 Å². The molecular formula is C31H50OSi. The minimum absolute atomic E-state index is 0.237. The summed E-state index contributed by atoms with van der Waals surface area (Å²) >= 11 is 0.